The van der Waals surface area contributed by atoms with Crippen molar-refractivity contribution in [2.24, 2.45) is 0 Å². The molecule has 0 atom stereocenters. The van der Waals surface area contributed by atoms with Gasteiger partial charge in [0.2, 0.25) is 0 Å². The number of hydrogen-bond donors (Lipinski definition) is 0. The van der Waals surface area contributed by atoms with E-state index in [0.717, 1.165) is 29.4 Å². The third kappa shape index (κ3) is 2.51. The highest BCUT2D eigenvalue weighted by atomic mass is 32.2. The van der Waals surface area contributed by atoms with Gasteiger partial charge in [0.15, 0.2) is 11.5 Å². The highest BCUT2D eigenvalue weighted by Crippen LogP contribution is 2.52. The molecule has 2 aromatic carbocycles. The predicted octanol–water partition coefficient (Wildman–Crippen LogP) is 4.20. The molecule has 0 aliphatic carbocycles. The Balaban J connectivity index is 1.61. The van der Waals surface area contributed by atoms with Crippen molar-refractivity contribution < 1.29 is 9.47 Å². The first-order valence-corrected chi connectivity index (χ1v) is 9.07. The normalized spacial score (nSPS) is 19.8. The highest BCUT2D eigenvalue weighted by Gasteiger charge is 2.49. The lowest BCUT2D eigenvalue weighted by molar-refractivity contribution is 0.0391. The lowest BCUT2D eigenvalue weighted by Crippen LogP contribution is -2.42. The van der Waals surface area contributed by atoms with Gasteiger partial charge in [0.25, 0.3) is 6.29 Å². The summed E-state index contributed by atoms with van der Waals surface area (Å²) in [5.41, 5.74) is 1.34. The Labute approximate surface area is 133 Å². The average Bonchev–Trinajstić information content (AvgIpc) is 3.15. The van der Waals surface area contributed by atoms with Gasteiger partial charge in [0.1, 0.15) is 4.08 Å². The summed E-state index contributed by atoms with van der Waals surface area (Å²) >= 11 is 3.93. The van der Waals surface area contributed by atoms with E-state index in [-0.39, 0.29) is 10.4 Å². The van der Waals surface area contributed by atoms with Crippen LogP contribution in [0.3, 0.4) is 0 Å². The highest BCUT2D eigenvalue weighted by molar-refractivity contribution is 8.21. The molecule has 4 heteroatoms. The van der Waals surface area contributed by atoms with Crippen LogP contribution in [0.4, 0.5) is 0 Å². The molecule has 0 radical (unpaired) electrons. The fourth-order valence-electron chi connectivity index (χ4n) is 2.75. The molecule has 2 aromatic rings. The van der Waals surface area contributed by atoms with Gasteiger partial charge in [0, 0.05) is 17.9 Å². The molecule has 2 aliphatic heterocycles. The van der Waals surface area contributed by atoms with E-state index >= 15 is 0 Å². The van der Waals surface area contributed by atoms with Crippen molar-refractivity contribution in [3.63, 3.8) is 0 Å². The molecule has 4 rings (SSSR count). The summed E-state index contributed by atoms with van der Waals surface area (Å²) in [6.07, 6.45) is 0.745. The maximum absolute atomic E-state index is 6.10. The summed E-state index contributed by atoms with van der Waals surface area (Å²) in [6, 6.07) is 18.6. The van der Waals surface area contributed by atoms with Gasteiger partial charge in [-0.2, -0.15) is 0 Å². The molecule has 2 aliphatic rings. The molecule has 108 valence electrons. The summed E-state index contributed by atoms with van der Waals surface area (Å²) in [6.45, 7) is 0. The maximum Gasteiger partial charge on any atom is 0.265 e. The van der Waals surface area contributed by atoms with Crippen molar-refractivity contribution in [2.75, 3.05) is 11.5 Å². The van der Waals surface area contributed by atoms with E-state index in [1.165, 1.54) is 5.56 Å². The summed E-state index contributed by atoms with van der Waals surface area (Å²) in [5.74, 6) is 4.03. The van der Waals surface area contributed by atoms with Gasteiger partial charge in [-0.3, -0.25) is 0 Å². The van der Waals surface area contributed by atoms with Crippen LogP contribution in [0.25, 0.3) is 0 Å². The summed E-state index contributed by atoms with van der Waals surface area (Å²) in [4.78, 5) is 0. The number of hydrogen-bond acceptors (Lipinski definition) is 4. The van der Waals surface area contributed by atoms with E-state index in [9.17, 15) is 0 Å². The second kappa shape index (κ2) is 5.50. The molecule has 21 heavy (non-hydrogen) atoms. The smallest absolute Gasteiger partial charge is 0.265 e. The van der Waals surface area contributed by atoms with Gasteiger partial charge in [-0.05, 0) is 17.7 Å². The van der Waals surface area contributed by atoms with E-state index in [1.54, 1.807) is 0 Å². The van der Waals surface area contributed by atoms with Crippen LogP contribution in [-0.2, 0) is 6.42 Å². The third-order valence-electron chi connectivity index (χ3n) is 3.75. The van der Waals surface area contributed by atoms with Crippen LogP contribution in [0.2, 0.25) is 0 Å². The molecule has 0 unspecified atom stereocenters. The van der Waals surface area contributed by atoms with Crippen LogP contribution in [0.15, 0.2) is 54.6 Å². The Bertz CT molecular complexity index is 599. The lowest BCUT2D eigenvalue weighted by Gasteiger charge is -2.31. The molecule has 2 heterocycles. The molecule has 0 amide bonds. The van der Waals surface area contributed by atoms with Gasteiger partial charge in [-0.25, -0.2) is 0 Å². The van der Waals surface area contributed by atoms with Crippen LogP contribution >= 0.6 is 23.5 Å². The second-order valence-corrected chi connectivity index (χ2v) is 8.29. The molecule has 2 nitrogen and oxygen atoms in total. The molecule has 1 fully saturated rings. The predicted molar refractivity (Wildman–Crippen MR) is 89.3 cm³/mol. The van der Waals surface area contributed by atoms with Crippen molar-refractivity contribution in [1.82, 2.24) is 0 Å². The van der Waals surface area contributed by atoms with Gasteiger partial charge >= 0.3 is 0 Å². The molecule has 0 saturated carbocycles. The molecule has 0 bridgehead atoms. The van der Waals surface area contributed by atoms with E-state index in [4.69, 9.17) is 9.47 Å². The van der Waals surface area contributed by atoms with E-state index < -0.39 is 0 Å². The van der Waals surface area contributed by atoms with Gasteiger partial charge in [-0.1, -0.05) is 42.5 Å². The minimum absolute atomic E-state index is 0.0552. The zero-order chi connectivity index (χ0) is 14.1. The Morgan fingerprint density at radius 3 is 2.05 bits per heavy atom. The topological polar surface area (TPSA) is 18.5 Å². The monoisotopic (exact) mass is 316 g/mol. The fourth-order valence-corrected chi connectivity index (χ4v) is 5.94. The minimum atomic E-state index is -0.215. The minimum Gasteiger partial charge on any atom is -0.449 e. The number of para-hydroxylation sites is 2. The van der Waals surface area contributed by atoms with Gasteiger partial charge in [0.05, 0.1) is 0 Å². The molecule has 0 aromatic heterocycles. The second-order valence-electron chi connectivity index (χ2n) is 5.19. The Morgan fingerprint density at radius 1 is 0.857 bits per heavy atom. The number of benzene rings is 2. The summed E-state index contributed by atoms with van der Waals surface area (Å²) in [5, 5.41) is 0. The Kier molecular flexibility index (Phi) is 3.51. The summed E-state index contributed by atoms with van der Waals surface area (Å²) < 4.78 is 12.1. The fraction of sp³-hybridized carbons (Fsp3) is 0.294. The average molecular weight is 316 g/mol. The molecular formula is C17H16O2S2. The number of ether oxygens (including phenoxy) is 2. The lowest BCUT2D eigenvalue weighted by atomic mass is 10.1. The van der Waals surface area contributed by atoms with Crippen LogP contribution in [0.1, 0.15) is 5.56 Å². The molecule has 1 saturated heterocycles. The van der Waals surface area contributed by atoms with Crippen molar-refractivity contribution in [2.45, 2.75) is 16.8 Å². The van der Waals surface area contributed by atoms with Crippen LogP contribution in [0, 0.1) is 0 Å². The van der Waals surface area contributed by atoms with E-state index in [2.05, 4.69) is 30.3 Å². The van der Waals surface area contributed by atoms with Crippen molar-refractivity contribution in [3.8, 4) is 11.5 Å². The van der Waals surface area contributed by atoms with E-state index in [1.807, 2.05) is 47.8 Å². The van der Waals surface area contributed by atoms with Crippen LogP contribution in [-0.4, -0.2) is 21.9 Å². The SMILES string of the molecule is c1ccc(CC2(C3Oc4ccccc4O3)SCCS2)cc1. The van der Waals surface area contributed by atoms with E-state index in [0.29, 0.717) is 0 Å². The van der Waals surface area contributed by atoms with Crippen molar-refractivity contribution >= 4 is 23.5 Å². The number of rotatable bonds is 3. The van der Waals surface area contributed by atoms with Crippen molar-refractivity contribution in [3.05, 3.63) is 60.2 Å². The first-order chi connectivity index (χ1) is 10.4. The molecular weight excluding hydrogens is 300 g/mol. The third-order valence-corrected chi connectivity index (χ3v) is 7.18. The molecule has 0 spiro atoms. The maximum atomic E-state index is 6.10. The van der Waals surface area contributed by atoms with Crippen molar-refractivity contribution in [1.29, 1.82) is 0 Å². The van der Waals surface area contributed by atoms with Gasteiger partial charge < -0.3 is 9.47 Å². The first-order valence-electron chi connectivity index (χ1n) is 7.10. The first kappa shape index (κ1) is 13.4. The Hall–Kier alpha value is -1.26. The zero-order valence-electron chi connectivity index (χ0n) is 11.5. The molecule has 0 N–H and O–H groups in total. The van der Waals surface area contributed by atoms with Gasteiger partial charge in [-0.15, -0.1) is 23.5 Å². The number of thioether (sulfide) groups is 2. The number of fused-ring (bicyclic) bond motifs is 1. The largest absolute Gasteiger partial charge is 0.449 e. The Morgan fingerprint density at radius 2 is 1.43 bits per heavy atom. The zero-order valence-corrected chi connectivity index (χ0v) is 13.2. The summed E-state index contributed by atoms with van der Waals surface area (Å²) in [7, 11) is 0. The van der Waals surface area contributed by atoms with Crippen LogP contribution < -0.4 is 9.47 Å². The quantitative estimate of drug-likeness (QED) is 0.844. The standard InChI is InChI=1S/C17H16O2S2/c1-2-6-13(7-3-1)12-17(20-10-11-21-17)16-18-14-8-4-5-9-15(14)19-16/h1-9,16H,10-12H2. The van der Waals surface area contributed by atoms with Crippen LogP contribution in [0.5, 0.6) is 11.5 Å².